The van der Waals surface area contributed by atoms with Crippen LogP contribution in [0.25, 0.3) is 11.5 Å². The zero-order chi connectivity index (χ0) is 22.8. The number of fused-ring (bicyclic) bond motifs is 1. The third-order valence-corrected chi connectivity index (χ3v) is 5.81. The molecular weight excluding hydrogens is 421 g/mol. The summed E-state index contributed by atoms with van der Waals surface area (Å²) in [5.41, 5.74) is 3.52. The first-order valence-electron chi connectivity index (χ1n) is 10.7. The van der Waals surface area contributed by atoms with Crippen LogP contribution in [0.4, 0.5) is 4.39 Å². The molecule has 0 fully saturated rings. The van der Waals surface area contributed by atoms with Gasteiger partial charge in [-0.1, -0.05) is 30.3 Å². The molecule has 0 N–H and O–H groups in total. The van der Waals surface area contributed by atoms with Gasteiger partial charge < -0.3 is 9.64 Å². The van der Waals surface area contributed by atoms with Crippen LogP contribution in [0.1, 0.15) is 27.2 Å². The van der Waals surface area contributed by atoms with E-state index in [9.17, 15) is 9.18 Å². The third kappa shape index (κ3) is 3.95. The Hall–Kier alpha value is -4.07. The van der Waals surface area contributed by atoms with Crippen molar-refractivity contribution < 1.29 is 13.9 Å². The van der Waals surface area contributed by atoms with Crippen LogP contribution in [0.5, 0.6) is 5.75 Å². The number of carbonyl (C=O) groups is 1. The number of hydrogen-bond acceptors (Lipinski definition) is 5. The van der Waals surface area contributed by atoms with E-state index in [0.29, 0.717) is 54.4 Å². The number of para-hydroxylation sites is 1. The van der Waals surface area contributed by atoms with Crippen molar-refractivity contribution in [3.05, 3.63) is 95.2 Å². The van der Waals surface area contributed by atoms with Crippen LogP contribution < -0.4 is 4.74 Å². The minimum absolute atomic E-state index is 0.111. The molecular formula is C25H22FN5O2. The predicted molar refractivity (Wildman–Crippen MR) is 120 cm³/mol. The number of nitrogens with zero attached hydrogens (tertiary/aromatic N) is 5. The van der Waals surface area contributed by atoms with Crippen LogP contribution in [0.15, 0.2) is 67.0 Å². The average molecular weight is 443 g/mol. The number of ether oxygens (including phenoxy) is 1. The number of aromatic nitrogens is 4. The largest absolute Gasteiger partial charge is 0.496 e. The summed E-state index contributed by atoms with van der Waals surface area (Å²) >= 11 is 0. The molecule has 0 saturated carbocycles. The number of methoxy groups -OCH3 is 1. The van der Waals surface area contributed by atoms with Crippen LogP contribution in [-0.4, -0.2) is 44.2 Å². The molecule has 1 aliphatic rings. The van der Waals surface area contributed by atoms with Crippen molar-refractivity contribution in [1.82, 2.24) is 24.6 Å². The summed E-state index contributed by atoms with van der Waals surface area (Å²) in [7, 11) is 1.55. The number of carbonyl (C=O) groups excluding carboxylic acids is 1. The van der Waals surface area contributed by atoms with E-state index in [4.69, 9.17) is 9.84 Å². The van der Waals surface area contributed by atoms with Crippen LogP contribution in [0.3, 0.4) is 0 Å². The van der Waals surface area contributed by atoms with Crippen molar-refractivity contribution in [1.29, 1.82) is 0 Å². The molecule has 4 aromatic rings. The second kappa shape index (κ2) is 8.82. The molecule has 2 aromatic carbocycles. The standard InChI is InChI=1S/C25H22FN5O2/c1-33-22-10-5-3-8-18(22)25(32)30-14-11-21-19(16-30)23(24-27-12-6-13-28-24)29-31(21)15-17-7-2-4-9-20(17)26/h2-10,12-13H,11,14-16H2,1H3. The third-order valence-electron chi connectivity index (χ3n) is 5.81. The molecule has 0 spiro atoms. The first-order chi connectivity index (χ1) is 16.2. The SMILES string of the molecule is COc1ccccc1C(=O)N1CCc2c(c(-c3ncccn3)nn2Cc2ccccc2F)C1. The van der Waals surface area contributed by atoms with Crippen molar-refractivity contribution in [2.24, 2.45) is 0 Å². The molecule has 0 aliphatic carbocycles. The lowest BCUT2D eigenvalue weighted by molar-refractivity contribution is 0.0730. The Morgan fingerprint density at radius 3 is 2.61 bits per heavy atom. The molecule has 3 heterocycles. The average Bonchev–Trinajstić information content (AvgIpc) is 3.23. The quantitative estimate of drug-likeness (QED) is 0.470. The lowest BCUT2D eigenvalue weighted by Crippen LogP contribution is -2.36. The Labute approximate surface area is 190 Å². The molecule has 7 nitrogen and oxygen atoms in total. The molecule has 2 aromatic heterocycles. The van der Waals surface area contributed by atoms with E-state index in [1.165, 1.54) is 6.07 Å². The molecule has 1 amide bonds. The molecule has 1 aliphatic heterocycles. The van der Waals surface area contributed by atoms with Gasteiger partial charge in [0.25, 0.3) is 5.91 Å². The fourth-order valence-electron chi connectivity index (χ4n) is 4.18. The fraction of sp³-hybridized carbons (Fsp3) is 0.200. The zero-order valence-electron chi connectivity index (χ0n) is 18.1. The summed E-state index contributed by atoms with van der Waals surface area (Å²) in [6, 6.07) is 15.6. The highest BCUT2D eigenvalue weighted by Crippen LogP contribution is 2.30. The molecule has 0 atom stereocenters. The van der Waals surface area contributed by atoms with Gasteiger partial charge >= 0.3 is 0 Å². The molecule has 0 unspecified atom stereocenters. The van der Waals surface area contributed by atoms with Crippen LogP contribution in [0.2, 0.25) is 0 Å². The number of benzene rings is 2. The van der Waals surface area contributed by atoms with Crippen molar-refractivity contribution in [3.63, 3.8) is 0 Å². The minimum atomic E-state index is -0.275. The first kappa shape index (κ1) is 20.8. The van der Waals surface area contributed by atoms with E-state index in [1.54, 1.807) is 54.7 Å². The number of amides is 1. The van der Waals surface area contributed by atoms with Crippen LogP contribution in [0, 0.1) is 5.82 Å². The topological polar surface area (TPSA) is 73.1 Å². The lowest BCUT2D eigenvalue weighted by Gasteiger charge is -2.28. The van der Waals surface area contributed by atoms with Gasteiger partial charge in [0.2, 0.25) is 0 Å². The molecule has 33 heavy (non-hydrogen) atoms. The van der Waals surface area contributed by atoms with Gasteiger partial charge in [0.05, 0.1) is 25.8 Å². The Bertz CT molecular complexity index is 1310. The van der Waals surface area contributed by atoms with Crippen molar-refractivity contribution in [2.75, 3.05) is 13.7 Å². The van der Waals surface area contributed by atoms with E-state index in [1.807, 2.05) is 22.9 Å². The predicted octanol–water partition coefficient (Wildman–Crippen LogP) is 3.73. The fourth-order valence-corrected chi connectivity index (χ4v) is 4.18. The maximum atomic E-state index is 14.3. The molecule has 0 radical (unpaired) electrons. The Morgan fingerprint density at radius 1 is 1.06 bits per heavy atom. The summed E-state index contributed by atoms with van der Waals surface area (Å²) in [4.78, 5) is 23.8. The zero-order valence-corrected chi connectivity index (χ0v) is 18.1. The van der Waals surface area contributed by atoms with Crippen molar-refractivity contribution >= 4 is 5.91 Å². The van der Waals surface area contributed by atoms with Gasteiger partial charge in [-0.05, 0) is 24.3 Å². The van der Waals surface area contributed by atoms with Gasteiger partial charge in [0.15, 0.2) is 5.82 Å². The Kier molecular flexibility index (Phi) is 5.56. The van der Waals surface area contributed by atoms with Crippen LogP contribution >= 0.6 is 0 Å². The van der Waals surface area contributed by atoms with Gasteiger partial charge in [-0.15, -0.1) is 0 Å². The number of hydrogen-bond donors (Lipinski definition) is 0. The Morgan fingerprint density at radius 2 is 1.82 bits per heavy atom. The highest BCUT2D eigenvalue weighted by atomic mass is 19.1. The lowest BCUT2D eigenvalue weighted by atomic mass is 10.0. The molecule has 166 valence electrons. The maximum Gasteiger partial charge on any atom is 0.257 e. The van der Waals surface area contributed by atoms with Gasteiger partial charge in [0.1, 0.15) is 17.3 Å². The number of rotatable bonds is 5. The summed E-state index contributed by atoms with van der Waals surface area (Å²) in [6.07, 6.45) is 3.90. The van der Waals surface area contributed by atoms with E-state index >= 15 is 0 Å². The van der Waals surface area contributed by atoms with Gasteiger partial charge in [0, 0.05) is 42.2 Å². The maximum absolute atomic E-state index is 14.3. The second-order valence-corrected chi connectivity index (χ2v) is 7.77. The van der Waals surface area contributed by atoms with Crippen molar-refractivity contribution in [2.45, 2.75) is 19.5 Å². The highest BCUT2D eigenvalue weighted by Gasteiger charge is 2.30. The Balaban J connectivity index is 1.53. The summed E-state index contributed by atoms with van der Waals surface area (Å²) in [6.45, 7) is 1.17. The first-order valence-corrected chi connectivity index (χ1v) is 10.7. The molecule has 0 saturated heterocycles. The van der Waals surface area contributed by atoms with Crippen molar-refractivity contribution in [3.8, 4) is 17.3 Å². The molecule has 0 bridgehead atoms. The van der Waals surface area contributed by atoms with E-state index < -0.39 is 0 Å². The molecule has 8 heteroatoms. The minimum Gasteiger partial charge on any atom is -0.496 e. The van der Waals surface area contributed by atoms with E-state index in [2.05, 4.69) is 9.97 Å². The summed E-state index contributed by atoms with van der Waals surface area (Å²) < 4.78 is 21.5. The van der Waals surface area contributed by atoms with E-state index in [0.717, 1.165) is 11.3 Å². The van der Waals surface area contributed by atoms with E-state index in [-0.39, 0.29) is 11.7 Å². The van der Waals surface area contributed by atoms with Crippen LogP contribution in [-0.2, 0) is 19.5 Å². The second-order valence-electron chi connectivity index (χ2n) is 7.77. The smallest absolute Gasteiger partial charge is 0.257 e. The van der Waals surface area contributed by atoms with Gasteiger partial charge in [-0.3, -0.25) is 9.48 Å². The van der Waals surface area contributed by atoms with Gasteiger partial charge in [-0.25, -0.2) is 14.4 Å². The highest BCUT2D eigenvalue weighted by molar-refractivity contribution is 5.97. The molecule has 5 rings (SSSR count). The summed E-state index contributed by atoms with van der Waals surface area (Å²) in [5, 5.41) is 4.76. The normalized spacial score (nSPS) is 13.0. The van der Waals surface area contributed by atoms with Gasteiger partial charge in [-0.2, -0.15) is 5.10 Å². The monoisotopic (exact) mass is 443 g/mol. The summed E-state index contributed by atoms with van der Waals surface area (Å²) in [5.74, 6) is 0.630. The number of halogens is 1.